The van der Waals surface area contributed by atoms with Gasteiger partial charge in [0.05, 0.1) is 0 Å². The number of nitrogens with zero attached hydrogens (tertiary/aromatic N) is 2. The van der Waals surface area contributed by atoms with Crippen LogP contribution >= 0.6 is 0 Å². The average Bonchev–Trinajstić information content (AvgIpc) is 3.35. The summed E-state index contributed by atoms with van der Waals surface area (Å²) >= 11 is 0. The van der Waals surface area contributed by atoms with E-state index in [1.54, 1.807) is 0 Å². The summed E-state index contributed by atoms with van der Waals surface area (Å²) in [5.41, 5.74) is 4.62. The summed E-state index contributed by atoms with van der Waals surface area (Å²) in [5.74, 6) is -1.41. The standard InChI is InChI=1S/C26H26N4O5/c31-24(30-13-7-1-2-12-22(30)25(32)33)21-14-23(29-28-21)27-26(34)35-15-20-18-10-5-3-8-16(18)17-9-4-6-11-19(17)20/h3-6,8-11,14,20,22H,1-2,7,12-13,15H2,(H,32,33)(H2,27,28,29,34). The number of carbonyl (C=O) groups is 3. The molecule has 1 aromatic heterocycles. The average molecular weight is 475 g/mol. The van der Waals surface area contributed by atoms with Crippen LogP contribution in [0.25, 0.3) is 11.1 Å². The molecule has 9 heteroatoms. The highest BCUT2D eigenvalue weighted by Crippen LogP contribution is 2.44. The first kappa shape index (κ1) is 22.6. The van der Waals surface area contributed by atoms with Crippen molar-refractivity contribution < 1.29 is 24.2 Å². The number of aliphatic carboxylic acids is 1. The van der Waals surface area contributed by atoms with E-state index in [1.807, 2.05) is 36.4 Å². The van der Waals surface area contributed by atoms with E-state index in [4.69, 9.17) is 4.74 Å². The summed E-state index contributed by atoms with van der Waals surface area (Å²) in [6.07, 6.45) is 2.12. The van der Waals surface area contributed by atoms with Crippen LogP contribution in [0.4, 0.5) is 10.6 Å². The molecule has 0 radical (unpaired) electrons. The van der Waals surface area contributed by atoms with Gasteiger partial charge in [0.15, 0.2) is 5.82 Å². The van der Waals surface area contributed by atoms with Gasteiger partial charge in [-0.15, -0.1) is 0 Å². The van der Waals surface area contributed by atoms with Crippen LogP contribution in [0.2, 0.25) is 0 Å². The van der Waals surface area contributed by atoms with E-state index in [-0.39, 0.29) is 24.0 Å². The lowest BCUT2D eigenvalue weighted by Gasteiger charge is -2.26. The number of likely N-dealkylation sites (tertiary alicyclic amines) is 1. The van der Waals surface area contributed by atoms with Crippen LogP contribution in [-0.2, 0) is 9.53 Å². The third kappa shape index (κ3) is 4.49. The van der Waals surface area contributed by atoms with Crippen molar-refractivity contribution in [1.29, 1.82) is 0 Å². The Balaban J connectivity index is 1.23. The molecule has 0 spiro atoms. The third-order valence-corrected chi connectivity index (χ3v) is 6.68. The second kappa shape index (κ2) is 9.61. The van der Waals surface area contributed by atoms with Crippen molar-refractivity contribution in [3.8, 4) is 11.1 Å². The number of benzene rings is 2. The molecular formula is C26H26N4O5. The molecule has 2 aliphatic rings. The second-order valence-corrected chi connectivity index (χ2v) is 8.82. The van der Waals surface area contributed by atoms with Gasteiger partial charge in [-0.1, -0.05) is 61.4 Å². The van der Waals surface area contributed by atoms with Crippen LogP contribution in [0.1, 0.15) is 53.2 Å². The maximum Gasteiger partial charge on any atom is 0.412 e. The summed E-state index contributed by atoms with van der Waals surface area (Å²) in [5, 5.41) is 18.7. The minimum Gasteiger partial charge on any atom is -0.480 e. The molecule has 5 rings (SSSR count). The molecule has 9 nitrogen and oxygen atoms in total. The molecule has 180 valence electrons. The quantitative estimate of drug-likeness (QED) is 0.508. The number of ether oxygens (including phenoxy) is 1. The van der Waals surface area contributed by atoms with Gasteiger partial charge in [-0.3, -0.25) is 15.2 Å². The Morgan fingerprint density at radius 1 is 1.03 bits per heavy atom. The fourth-order valence-electron chi connectivity index (χ4n) is 5.00. The van der Waals surface area contributed by atoms with E-state index >= 15 is 0 Å². The van der Waals surface area contributed by atoms with Crippen LogP contribution in [0.5, 0.6) is 0 Å². The molecule has 35 heavy (non-hydrogen) atoms. The van der Waals surface area contributed by atoms with Gasteiger partial charge in [0.2, 0.25) is 0 Å². The van der Waals surface area contributed by atoms with Gasteiger partial charge < -0.3 is 14.7 Å². The van der Waals surface area contributed by atoms with Crippen molar-refractivity contribution >= 4 is 23.8 Å². The predicted molar refractivity (Wildman–Crippen MR) is 128 cm³/mol. The van der Waals surface area contributed by atoms with Gasteiger partial charge in [-0.05, 0) is 35.1 Å². The maximum atomic E-state index is 12.9. The Bertz CT molecular complexity index is 1220. The van der Waals surface area contributed by atoms with Gasteiger partial charge in [0, 0.05) is 18.5 Å². The minimum absolute atomic E-state index is 0.0690. The highest BCUT2D eigenvalue weighted by Gasteiger charge is 2.32. The topological polar surface area (TPSA) is 125 Å². The van der Waals surface area contributed by atoms with Crippen molar-refractivity contribution in [2.75, 3.05) is 18.5 Å². The first-order valence-electron chi connectivity index (χ1n) is 11.7. The Morgan fingerprint density at radius 2 is 1.71 bits per heavy atom. The van der Waals surface area contributed by atoms with E-state index in [2.05, 4.69) is 27.6 Å². The Kier molecular flexibility index (Phi) is 6.22. The van der Waals surface area contributed by atoms with Crippen LogP contribution in [0, 0.1) is 0 Å². The number of amides is 2. The van der Waals surface area contributed by atoms with Crippen molar-refractivity contribution in [1.82, 2.24) is 15.1 Å². The first-order valence-corrected chi connectivity index (χ1v) is 11.7. The van der Waals surface area contributed by atoms with Crippen molar-refractivity contribution in [2.45, 2.75) is 37.6 Å². The SMILES string of the molecule is O=C(Nc1cc(C(=O)N2CCCCCC2C(=O)O)[nH]n1)OCC1c2ccccc2-c2ccccc21. The molecule has 0 bridgehead atoms. The number of hydrogen-bond donors (Lipinski definition) is 3. The molecule has 2 amide bonds. The van der Waals surface area contributed by atoms with Gasteiger partial charge >= 0.3 is 12.1 Å². The van der Waals surface area contributed by atoms with Gasteiger partial charge in [0.25, 0.3) is 5.91 Å². The number of rotatable bonds is 5. The van der Waals surface area contributed by atoms with E-state index in [9.17, 15) is 19.5 Å². The molecule has 1 aliphatic heterocycles. The van der Waals surface area contributed by atoms with Crippen LogP contribution in [0.3, 0.4) is 0 Å². The maximum absolute atomic E-state index is 12.9. The summed E-state index contributed by atoms with van der Waals surface area (Å²) in [6, 6.07) is 16.7. The smallest absolute Gasteiger partial charge is 0.412 e. The lowest BCUT2D eigenvalue weighted by molar-refractivity contribution is -0.142. The summed E-state index contributed by atoms with van der Waals surface area (Å²) in [6.45, 7) is 0.522. The molecule has 1 aliphatic carbocycles. The van der Waals surface area contributed by atoms with E-state index < -0.39 is 24.0 Å². The highest BCUT2D eigenvalue weighted by atomic mass is 16.5. The largest absolute Gasteiger partial charge is 0.480 e. The lowest BCUT2D eigenvalue weighted by atomic mass is 9.98. The number of aromatic nitrogens is 2. The molecule has 0 saturated carbocycles. The molecule has 3 N–H and O–H groups in total. The predicted octanol–water partition coefficient (Wildman–Crippen LogP) is 4.24. The van der Waals surface area contributed by atoms with Crippen LogP contribution in [0.15, 0.2) is 54.6 Å². The number of anilines is 1. The van der Waals surface area contributed by atoms with E-state index in [0.717, 1.165) is 41.5 Å². The number of fused-ring (bicyclic) bond motifs is 3. The number of carboxylic acid groups (broad SMARTS) is 1. The van der Waals surface area contributed by atoms with Crippen molar-refractivity contribution in [3.05, 3.63) is 71.4 Å². The second-order valence-electron chi connectivity index (χ2n) is 8.82. The summed E-state index contributed by atoms with van der Waals surface area (Å²) in [4.78, 5) is 38.5. The molecule has 2 aromatic carbocycles. The zero-order valence-electron chi connectivity index (χ0n) is 19.1. The Labute approximate surface area is 202 Å². The lowest BCUT2D eigenvalue weighted by Crippen LogP contribution is -2.44. The number of hydrogen-bond acceptors (Lipinski definition) is 5. The first-order chi connectivity index (χ1) is 17.0. The number of carbonyl (C=O) groups excluding carboxylic acids is 2. The molecule has 3 aromatic rings. The molecule has 1 unspecified atom stereocenters. The summed E-state index contributed by atoms with van der Waals surface area (Å²) < 4.78 is 5.52. The number of carboxylic acids is 1. The van der Waals surface area contributed by atoms with Crippen LogP contribution < -0.4 is 5.32 Å². The summed E-state index contributed by atoms with van der Waals surface area (Å²) in [7, 11) is 0. The molecule has 2 heterocycles. The monoisotopic (exact) mass is 474 g/mol. The highest BCUT2D eigenvalue weighted by molar-refractivity contribution is 5.96. The fourth-order valence-corrected chi connectivity index (χ4v) is 5.00. The van der Waals surface area contributed by atoms with E-state index in [1.165, 1.54) is 11.0 Å². The van der Waals surface area contributed by atoms with Gasteiger partial charge in [-0.25, -0.2) is 9.59 Å². The van der Waals surface area contributed by atoms with Crippen molar-refractivity contribution in [2.24, 2.45) is 0 Å². The zero-order valence-corrected chi connectivity index (χ0v) is 19.1. The normalized spacial score (nSPS) is 17.3. The zero-order chi connectivity index (χ0) is 24.4. The molecule has 1 saturated heterocycles. The Morgan fingerprint density at radius 3 is 2.40 bits per heavy atom. The van der Waals surface area contributed by atoms with Crippen molar-refractivity contribution in [3.63, 3.8) is 0 Å². The third-order valence-electron chi connectivity index (χ3n) is 6.68. The number of aromatic amines is 1. The molecule has 1 fully saturated rings. The molecular weight excluding hydrogens is 448 g/mol. The number of H-pyrrole nitrogens is 1. The van der Waals surface area contributed by atoms with Gasteiger partial charge in [0.1, 0.15) is 18.3 Å². The fraction of sp³-hybridized carbons (Fsp3) is 0.308. The van der Waals surface area contributed by atoms with E-state index in [0.29, 0.717) is 13.0 Å². The number of nitrogens with one attached hydrogen (secondary N) is 2. The Hall–Kier alpha value is -4.14. The van der Waals surface area contributed by atoms with Crippen LogP contribution in [-0.4, -0.2) is 57.4 Å². The van der Waals surface area contributed by atoms with Gasteiger partial charge in [-0.2, -0.15) is 5.10 Å². The molecule has 1 atom stereocenters. The minimum atomic E-state index is -1.02.